The van der Waals surface area contributed by atoms with Gasteiger partial charge < -0.3 is 5.32 Å². The molecule has 98 valence electrons. The van der Waals surface area contributed by atoms with Gasteiger partial charge in [0, 0.05) is 25.6 Å². The number of hydrogen-bond acceptors (Lipinski definition) is 3. The van der Waals surface area contributed by atoms with Crippen molar-refractivity contribution in [3.05, 3.63) is 35.9 Å². The van der Waals surface area contributed by atoms with Crippen LogP contribution in [-0.4, -0.2) is 35.8 Å². The molecule has 1 aliphatic carbocycles. The van der Waals surface area contributed by atoms with Crippen LogP contribution >= 0.6 is 0 Å². The van der Waals surface area contributed by atoms with Gasteiger partial charge in [0.2, 0.25) is 11.8 Å². The SMILES string of the molecule is O=C1CC(c2ccccc2)C(=O)N1C1C2CNCC21. The van der Waals surface area contributed by atoms with Crippen molar-refractivity contribution in [1.82, 2.24) is 10.2 Å². The first-order valence-electron chi connectivity index (χ1n) is 6.89. The van der Waals surface area contributed by atoms with Crippen molar-refractivity contribution in [2.75, 3.05) is 13.1 Å². The third kappa shape index (κ3) is 1.56. The number of hydrogen-bond donors (Lipinski definition) is 1. The van der Waals surface area contributed by atoms with E-state index in [1.54, 1.807) is 4.90 Å². The van der Waals surface area contributed by atoms with Crippen molar-refractivity contribution in [3.8, 4) is 0 Å². The molecule has 1 aromatic rings. The number of nitrogens with zero attached hydrogens (tertiary/aromatic N) is 1. The van der Waals surface area contributed by atoms with E-state index in [1.807, 2.05) is 30.3 Å². The molecule has 4 nitrogen and oxygen atoms in total. The van der Waals surface area contributed by atoms with Gasteiger partial charge in [0.25, 0.3) is 0 Å². The summed E-state index contributed by atoms with van der Waals surface area (Å²) in [6, 6.07) is 9.83. The summed E-state index contributed by atoms with van der Waals surface area (Å²) in [6.45, 7) is 1.89. The zero-order valence-corrected chi connectivity index (χ0v) is 10.6. The zero-order valence-electron chi connectivity index (χ0n) is 10.6. The Kier molecular flexibility index (Phi) is 2.30. The molecule has 3 fully saturated rings. The lowest BCUT2D eigenvalue weighted by Gasteiger charge is -2.17. The molecule has 1 saturated carbocycles. The highest BCUT2D eigenvalue weighted by molar-refractivity contribution is 6.06. The number of benzene rings is 1. The van der Waals surface area contributed by atoms with E-state index in [-0.39, 0.29) is 23.8 Å². The molecule has 0 bridgehead atoms. The van der Waals surface area contributed by atoms with E-state index in [0.717, 1.165) is 18.7 Å². The van der Waals surface area contributed by atoms with Crippen LogP contribution in [0.4, 0.5) is 0 Å². The molecule has 3 unspecified atom stereocenters. The Hall–Kier alpha value is -1.68. The van der Waals surface area contributed by atoms with Crippen molar-refractivity contribution in [1.29, 1.82) is 0 Å². The molecule has 0 spiro atoms. The summed E-state index contributed by atoms with van der Waals surface area (Å²) in [4.78, 5) is 26.2. The average Bonchev–Trinajstić information content (AvgIpc) is 2.80. The van der Waals surface area contributed by atoms with Gasteiger partial charge in [0.1, 0.15) is 0 Å². The van der Waals surface area contributed by atoms with Crippen LogP contribution in [0.2, 0.25) is 0 Å². The highest BCUT2D eigenvalue weighted by Crippen LogP contribution is 2.48. The van der Waals surface area contributed by atoms with Crippen LogP contribution in [-0.2, 0) is 9.59 Å². The lowest BCUT2D eigenvalue weighted by atomic mass is 9.98. The Labute approximate surface area is 111 Å². The Morgan fingerprint density at radius 2 is 1.74 bits per heavy atom. The summed E-state index contributed by atoms with van der Waals surface area (Å²) < 4.78 is 0. The van der Waals surface area contributed by atoms with Gasteiger partial charge in [-0.2, -0.15) is 0 Å². The maximum absolute atomic E-state index is 12.5. The second-order valence-corrected chi connectivity index (χ2v) is 5.75. The molecule has 4 rings (SSSR count). The van der Waals surface area contributed by atoms with Crippen LogP contribution < -0.4 is 5.32 Å². The highest BCUT2D eigenvalue weighted by Gasteiger charge is 2.61. The molecule has 0 aromatic heterocycles. The van der Waals surface area contributed by atoms with E-state index in [1.165, 1.54) is 0 Å². The van der Waals surface area contributed by atoms with Crippen LogP contribution in [0, 0.1) is 11.8 Å². The minimum Gasteiger partial charge on any atom is -0.316 e. The lowest BCUT2D eigenvalue weighted by molar-refractivity contribution is -0.139. The van der Waals surface area contributed by atoms with Crippen molar-refractivity contribution >= 4 is 11.8 Å². The fraction of sp³-hybridized carbons (Fsp3) is 0.467. The maximum atomic E-state index is 12.5. The predicted molar refractivity (Wildman–Crippen MR) is 69.3 cm³/mol. The number of amides is 2. The van der Waals surface area contributed by atoms with Gasteiger partial charge in [-0.15, -0.1) is 0 Å². The minimum atomic E-state index is -0.261. The summed E-state index contributed by atoms with van der Waals surface area (Å²) in [5, 5.41) is 3.30. The first-order valence-corrected chi connectivity index (χ1v) is 6.89. The van der Waals surface area contributed by atoms with Crippen LogP contribution in [0.1, 0.15) is 17.9 Å². The molecule has 1 N–H and O–H groups in total. The van der Waals surface area contributed by atoms with Crippen LogP contribution in [0.15, 0.2) is 30.3 Å². The minimum absolute atomic E-state index is 0.00981. The smallest absolute Gasteiger partial charge is 0.237 e. The summed E-state index contributed by atoms with van der Waals surface area (Å²) in [6.07, 6.45) is 0.339. The second-order valence-electron chi connectivity index (χ2n) is 5.75. The van der Waals surface area contributed by atoms with Gasteiger partial charge in [0.15, 0.2) is 0 Å². The van der Waals surface area contributed by atoms with Crippen molar-refractivity contribution in [2.24, 2.45) is 11.8 Å². The molecule has 3 atom stereocenters. The predicted octanol–water partition coefficient (Wildman–Crippen LogP) is 0.747. The Morgan fingerprint density at radius 3 is 2.42 bits per heavy atom. The van der Waals surface area contributed by atoms with Crippen LogP contribution in [0.3, 0.4) is 0 Å². The second kappa shape index (κ2) is 3.90. The summed E-state index contributed by atoms with van der Waals surface area (Å²) in [5.41, 5.74) is 0.965. The van der Waals surface area contributed by atoms with Crippen molar-refractivity contribution in [2.45, 2.75) is 18.4 Å². The molecule has 0 radical (unpaired) electrons. The van der Waals surface area contributed by atoms with Gasteiger partial charge in [-0.3, -0.25) is 14.5 Å². The van der Waals surface area contributed by atoms with E-state index >= 15 is 0 Å². The molecule has 2 heterocycles. The monoisotopic (exact) mass is 256 g/mol. The third-order valence-electron chi connectivity index (χ3n) is 4.73. The zero-order chi connectivity index (χ0) is 13.0. The van der Waals surface area contributed by atoms with E-state index < -0.39 is 0 Å². The number of likely N-dealkylation sites (tertiary alicyclic amines) is 1. The number of fused-ring (bicyclic) bond motifs is 1. The lowest BCUT2D eigenvalue weighted by Crippen LogP contribution is -2.37. The first kappa shape index (κ1) is 11.2. The van der Waals surface area contributed by atoms with E-state index in [9.17, 15) is 9.59 Å². The number of rotatable bonds is 2. The summed E-state index contributed by atoms with van der Waals surface area (Å²) in [5.74, 6) is 0.765. The molecule has 2 aliphatic heterocycles. The van der Waals surface area contributed by atoms with Gasteiger partial charge >= 0.3 is 0 Å². The van der Waals surface area contributed by atoms with Crippen LogP contribution in [0.25, 0.3) is 0 Å². The number of nitrogens with one attached hydrogen (secondary N) is 1. The number of carbonyl (C=O) groups excluding carboxylic acids is 2. The number of piperidine rings is 1. The molecule has 1 aromatic carbocycles. The third-order valence-corrected chi connectivity index (χ3v) is 4.73. The largest absolute Gasteiger partial charge is 0.316 e. The van der Waals surface area contributed by atoms with Gasteiger partial charge in [-0.05, 0) is 17.4 Å². The molecule has 4 heteroatoms. The first-order chi connectivity index (χ1) is 9.27. The summed E-state index contributed by atoms with van der Waals surface area (Å²) >= 11 is 0. The number of carbonyl (C=O) groups is 2. The molecule has 19 heavy (non-hydrogen) atoms. The fourth-order valence-corrected chi connectivity index (χ4v) is 3.68. The van der Waals surface area contributed by atoms with Crippen molar-refractivity contribution in [3.63, 3.8) is 0 Å². The van der Waals surface area contributed by atoms with Gasteiger partial charge in [-0.1, -0.05) is 30.3 Å². The van der Waals surface area contributed by atoms with Gasteiger partial charge in [0.05, 0.1) is 5.92 Å². The van der Waals surface area contributed by atoms with Crippen molar-refractivity contribution < 1.29 is 9.59 Å². The van der Waals surface area contributed by atoms with E-state index in [0.29, 0.717) is 18.3 Å². The number of imide groups is 1. The average molecular weight is 256 g/mol. The van der Waals surface area contributed by atoms with Crippen LogP contribution in [0.5, 0.6) is 0 Å². The fourth-order valence-electron chi connectivity index (χ4n) is 3.68. The van der Waals surface area contributed by atoms with Gasteiger partial charge in [-0.25, -0.2) is 0 Å². The molecule has 2 amide bonds. The topological polar surface area (TPSA) is 49.4 Å². The standard InChI is InChI=1S/C15H16N2O2/c18-13-6-10(9-4-2-1-3-5-9)15(19)17(13)14-11-7-16-8-12(11)14/h1-5,10-12,14,16H,6-8H2. The molecule has 3 aliphatic rings. The maximum Gasteiger partial charge on any atom is 0.237 e. The Balaban J connectivity index is 1.59. The quantitative estimate of drug-likeness (QED) is 0.794. The normalized spacial score (nSPS) is 36.7. The summed E-state index contributed by atoms with van der Waals surface area (Å²) in [7, 11) is 0. The molecule has 2 saturated heterocycles. The Morgan fingerprint density at radius 1 is 1.05 bits per heavy atom. The molecular formula is C15H16N2O2. The van der Waals surface area contributed by atoms with E-state index in [2.05, 4.69) is 5.32 Å². The molecular weight excluding hydrogens is 240 g/mol. The highest BCUT2D eigenvalue weighted by atomic mass is 16.2. The van der Waals surface area contributed by atoms with E-state index in [4.69, 9.17) is 0 Å². The Bertz CT molecular complexity index is 532.